The molecule has 0 unspecified atom stereocenters. The number of hydrogen-bond acceptors (Lipinski definition) is 3. The molecule has 17 heavy (non-hydrogen) atoms. The van der Waals surface area contributed by atoms with Gasteiger partial charge in [-0.1, -0.05) is 0 Å². The molecule has 0 bridgehead atoms. The van der Waals surface area contributed by atoms with Crippen LogP contribution in [-0.2, 0) is 6.54 Å². The lowest BCUT2D eigenvalue weighted by atomic mass is 10.2. The molecule has 1 aromatic carbocycles. The van der Waals surface area contributed by atoms with Gasteiger partial charge in [-0.05, 0) is 35.9 Å². The number of rotatable bonds is 3. The van der Waals surface area contributed by atoms with Gasteiger partial charge in [0.05, 0.1) is 5.56 Å². The van der Waals surface area contributed by atoms with E-state index in [1.54, 1.807) is 18.5 Å². The van der Waals surface area contributed by atoms with E-state index in [2.05, 4.69) is 10.3 Å². The Bertz CT molecular complexity index is 546. The van der Waals surface area contributed by atoms with E-state index in [1.807, 2.05) is 18.2 Å². The SMILES string of the molecule is N#Cc1cc(NCc2ccncc2)ccc1F. The average Bonchev–Trinajstić information content (AvgIpc) is 2.39. The zero-order valence-corrected chi connectivity index (χ0v) is 9.02. The number of anilines is 1. The Morgan fingerprint density at radius 3 is 2.71 bits per heavy atom. The van der Waals surface area contributed by atoms with Crippen molar-refractivity contribution >= 4 is 5.69 Å². The molecule has 4 heteroatoms. The molecule has 84 valence electrons. The van der Waals surface area contributed by atoms with Gasteiger partial charge < -0.3 is 5.32 Å². The Morgan fingerprint density at radius 2 is 2.00 bits per heavy atom. The van der Waals surface area contributed by atoms with Crippen LogP contribution in [0.15, 0.2) is 42.7 Å². The van der Waals surface area contributed by atoms with Gasteiger partial charge in [0.2, 0.25) is 0 Å². The van der Waals surface area contributed by atoms with Gasteiger partial charge in [0.1, 0.15) is 11.9 Å². The zero-order chi connectivity index (χ0) is 12.1. The van der Waals surface area contributed by atoms with Crippen molar-refractivity contribution in [2.45, 2.75) is 6.54 Å². The lowest BCUT2D eigenvalue weighted by Gasteiger charge is -2.06. The van der Waals surface area contributed by atoms with E-state index < -0.39 is 5.82 Å². The summed E-state index contributed by atoms with van der Waals surface area (Å²) in [6.45, 7) is 0.610. The Morgan fingerprint density at radius 1 is 1.24 bits per heavy atom. The molecule has 0 spiro atoms. The van der Waals surface area contributed by atoms with Crippen LogP contribution in [0, 0.1) is 17.1 Å². The minimum atomic E-state index is -0.498. The molecule has 2 rings (SSSR count). The van der Waals surface area contributed by atoms with Gasteiger partial charge in [-0.25, -0.2) is 4.39 Å². The van der Waals surface area contributed by atoms with E-state index in [0.29, 0.717) is 6.54 Å². The van der Waals surface area contributed by atoms with Crippen LogP contribution < -0.4 is 5.32 Å². The average molecular weight is 227 g/mol. The quantitative estimate of drug-likeness (QED) is 0.877. The summed E-state index contributed by atoms with van der Waals surface area (Å²) in [6.07, 6.45) is 3.42. The third kappa shape index (κ3) is 2.79. The van der Waals surface area contributed by atoms with Crippen molar-refractivity contribution in [2.24, 2.45) is 0 Å². The largest absolute Gasteiger partial charge is 0.381 e. The summed E-state index contributed by atoms with van der Waals surface area (Å²) in [5, 5.41) is 11.8. The molecule has 0 aliphatic rings. The number of hydrogen-bond donors (Lipinski definition) is 1. The van der Waals surface area contributed by atoms with Crippen molar-refractivity contribution in [3.63, 3.8) is 0 Å². The van der Waals surface area contributed by atoms with Crippen LogP contribution in [0.3, 0.4) is 0 Å². The van der Waals surface area contributed by atoms with Crippen LogP contribution in [0.5, 0.6) is 0 Å². The number of aromatic nitrogens is 1. The van der Waals surface area contributed by atoms with E-state index in [9.17, 15) is 4.39 Å². The maximum Gasteiger partial charge on any atom is 0.141 e. The standard InChI is InChI=1S/C13H10FN3/c14-13-2-1-12(7-11(13)8-15)17-9-10-3-5-16-6-4-10/h1-7,17H,9H2. The number of nitrogens with one attached hydrogen (secondary N) is 1. The summed E-state index contributed by atoms with van der Waals surface area (Å²) in [6, 6.07) is 9.98. The Kier molecular flexibility index (Phi) is 3.31. The highest BCUT2D eigenvalue weighted by Crippen LogP contribution is 2.14. The molecule has 2 aromatic rings. The van der Waals surface area contributed by atoms with E-state index in [-0.39, 0.29) is 5.56 Å². The van der Waals surface area contributed by atoms with Crippen LogP contribution in [-0.4, -0.2) is 4.98 Å². The van der Waals surface area contributed by atoms with Crippen LogP contribution in [0.25, 0.3) is 0 Å². The van der Waals surface area contributed by atoms with E-state index >= 15 is 0 Å². The number of pyridine rings is 1. The summed E-state index contributed by atoms with van der Waals surface area (Å²) in [4.78, 5) is 3.92. The Labute approximate surface area is 98.5 Å². The predicted molar refractivity (Wildman–Crippen MR) is 62.7 cm³/mol. The molecular weight excluding hydrogens is 217 g/mol. The summed E-state index contributed by atoms with van der Waals surface area (Å²) >= 11 is 0. The molecule has 0 saturated carbocycles. The summed E-state index contributed by atoms with van der Waals surface area (Å²) in [7, 11) is 0. The third-order valence-corrected chi connectivity index (χ3v) is 2.33. The molecule has 0 aliphatic carbocycles. The molecule has 1 aromatic heterocycles. The van der Waals surface area contributed by atoms with Crippen LogP contribution in [0.1, 0.15) is 11.1 Å². The second-order valence-corrected chi connectivity index (χ2v) is 3.52. The topological polar surface area (TPSA) is 48.7 Å². The lowest BCUT2D eigenvalue weighted by Crippen LogP contribution is -2.00. The van der Waals surface area contributed by atoms with Crippen LogP contribution in [0.4, 0.5) is 10.1 Å². The molecule has 0 amide bonds. The van der Waals surface area contributed by atoms with Gasteiger partial charge in [0.25, 0.3) is 0 Å². The van der Waals surface area contributed by atoms with Gasteiger partial charge >= 0.3 is 0 Å². The van der Waals surface area contributed by atoms with Gasteiger partial charge in [-0.2, -0.15) is 5.26 Å². The van der Waals surface area contributed by atoms with E-state index in [4.69, 9.17) is 5.26 Å². The number of nitrogens with zero attached hydrogens (tertiary/aromatic N) is 2. The lowest BCUT2D eigenvalue weighted by molar-refractivity contribution is 0.624. The highest BCUT2D eigenvalue weighted by atomic mass is 19.1. The highest BCUT2D eigenvalue weighted by molar-refractivity contribution is 5.50. The molecule has 1 N–H and O–H groups in total. The first-order valence-corrected chi connectivity index (χ1v) is 5.12. The molecule has 0 aliphatic heterocycles. The second-order valence-electron chi connectivity index (χ2n) is 3.52. The monoisotopic (exact) mass is 227 g/mol. The summed E-state index contributed by atoms with van der Waals surface area (Å²) < 4.78 is 13.1. The molecule has 0 radical (unpaired) electrons. The molecule has 0 atom stereocenters. The van der Waals surface area contributed by atoms with Gasteiger partial charge in [0.15, 0.2) is 0 Å². The van der Waals surface area contributed by atoms with Crippen molar-refractivity contribution in [2.75, 3.05) is 5.32 Å². The third-order valence-electron chi connectivity index (χ3n) is 2.33. The van der Waals surface area contributed by atoms with Gasteiger partial charge in [0, 0.05) is 24.6 Å². The zero-order valence-electron chi connectivity index (χ0n) is 9.02. The number of nitriles is 1. The fourth-order valence-electron chi connectivity index (χ4n) is 1.43. The Hall–Kier alpha value is -2.41. The first-order chi connectivity index (χ1) is 8.29. The minimum Gasteiger partial charge on any atom is -0.381 e. The fourth-order valence-corrected chi connectivity index (χ4v) is 1.43. The minimum absolute atomic E-state index is 0.0460. The fraction of sp³-hybridized carbons (Fsp3) is 0.0769. The highest BCUT2D eigenvalue weighted by Gasteiger charge is 2.02. The summed E-state index contributed by atoms with van der Waals surface area (Å²) in [5.74, 6) is -0.498. The van der Waals surface area contributed by atoms with Crippen LogP contribution in [0.2, 0.25) is 0 Å². The molecule has 0 fully saturated rings. The molecule has 1 heterocycles. The predicted octanol–water partition coefficient (Wildman–Crippen LogP) is 2.70. The molecule has 0 saturated heterocycles. The van der Waals surface area contributed by atoms with Gasteiger partial charge in [-0.15, -0.1) is 0 Å². The summed E-state index contributed by atoms with van der Waals surface area (Å²) in [5.41, 5.74) is 1.84. The molecular formula is C13H10FN3. The first-order valence-electron chi connectivity index (χ1n) is 5.12. The van der Waals surface area contributed by atoms with Crippen molar-refractivity contribution in [3.8, 4) is 6.07 Å². The Balaban J connectivity index is 2.08. The van der Waals surface area contributed by atoms with E-state index in [0.717, 1.165) is 11.3 Å². The smallest absolute Gasteiger partial charge is 0.141 e. The second kappa shape index (κ2) is 5.08. The maximum atomic E-state index is 13.1. The van der Waals surface area contributed by atoms with Crippen molar-refractivity contribution in [3.05, 3.63) is 59.7 Å². The number of halogens is 1. The number of benzene rings is 1. The molecule has 3 nitrogen and oxygen atoms in total. The van der Waals surface area contributed by atoms with E-state index in [1.165, 1.54) is 12.1 Å². The van der Waals surface area contributed by atoms with Crippen LogP contribution >= 0.6 is 0 Å². The maximum absolute atomic E-state index is 13.1. The van der Waals surface area contributed by atoms with Crippen molar-refractivity contribution in [1.29, 1.82) is 5.26 Å². The van der Waals surface area contributed by atoms with Crippen molar-refractivity contribution in [1.82, 2.24) is 4.98 Å². The van der Waals surface area contributed by atoms with Gasteiger partial charge in [-0.3, -0.25) is 4.98 Å². The first kappa shape index (κ1) is 11.1. The van der Waals surface area contributed by atoms with Crippen molar-refractivity contribution < 1.29 is 4.39 Å². The normalized spacial score (nSPS) is 9.65.